The lowest BCUT2D eigenvalue weighted by atomic mass is 10.1. The monoisotopic (exact) mass is 211 g/mol. The molecule has 0 aromatic heterocycles. The summed E-state index contributed by atoms with van der Waals surface area (Å²) in [4.78, 5) is 2.85. The zero-order chi connectivity index (χ0) is 10.6. The average Bonchev–Trinajstić information content (AvgIpc) is 2.16. The first-order valence-corrected chi connectivity index (χ1v) is 4.95. The molecule has 0 radical (unpaired) electrons. The van der Waals surface area contributed by atoms with Crippen LogP contribution in [0.15, 0.2) is 24.3 Å². The minimum Gasteiger partial charge on any atom is -0.372 e. The van der Waals surface area contributed by atoms with Crippen molar-refractivity contribution in [3.63, 3.8) is 0 Å². The van der Waals surface area contributed by atoms with Gasteiger partial charge in [-0.1, -0.05) is 24.4 Å². The maximum atomic E-state index is 12.6. The van der Waals surface area contributed by atoms with Crippen LogP contribution in [-0.2, 0) is 6.42 Å². The Morgan fingerprint density at radius 2 is 1.86 bits per heavy atom. The van der Waals surface area contributed by atoms with Crippen molar-refractivity contribution in [1.82, 2.24) is 4.90 Å². The molecule has 76 valence electrons. The first kappa shape index (κ1) is 11.1. The van der Waals surface area contributed by atoms with Crippen LogP contribution < -0.4 is 0 Å². The topological polar surface area (TPSA) is 3.24 Å². The highest BCUT2D eigenvalue weighted by molar-refractivity contribution is 7.80. The lowest BCUT2D eigenvalue weighted by Gasteiger charge is -2.13. The van der Waals surface area contributed by atoms with Crippen LogP contribution in [0.25, 0.3) is 0 Å². The Morgan fingerprint density at radius 3 is 2.36 bits per heavy atom. The molecule has 0 saturated heterocycles. The number of benzene rings is 1. The van der Waals surface area contributed by atoms with E-state index in [2.05, 4.69) is 0 Å². The summed E-state index contributed by atoms with van der Waals surface area (Å²) in [6, 6.07) is 6.56. The first-order chi connectivity index (χ1) is 6.59. The van der Waals surface area contributed by atoms with Crippen molar-refractivity contribution < 1.29 is 4.39 Å². The van der Waals surface area contributed by atoms with Gasteiger partial charge in [-0.05, 0) is 24.1 Å². The van der Waals surface area contributed by atoms with Gasteiger partial charge in [0.15, 0.2) is 0 Å². The number of rotatable bonds is 3. The van der Waals surface area contributed by atoms with Gasteiger partial charge in [-0.15, -0.1) is 0 Å². The third-order valence-electron chi connectivity index (χ3n) is 2.04. The highest BCUT2D eigenvalue weighted by Crippen LogP contribution is 2.06. The maximum absolute atomic E-state index is 12.6. The quantitative estimate of drug-likeness (QED) is 0.707. The molecular weight excluding hydrogens is 197 g/mol. The van der Waals surface area contributed by atoms with Gasteiger partial charge in [0.1, 0.15) is 5.82 Å². The molecule has 14 heavy (non-hydrogen) atoms. The van der Waals surface area contributed by atoms with E-state index in [4.69, 9.17) is 12.2 Å². The summed E-state index contributed by atoms with van der Waals surface area (Å²) in [5.74, 6) is -0.191. The number of hydrogen-bond acceptors (Lipinski definition) is 1. The number of thiocarbonyl (C=S) groups is 1. The molecule has 1 aromatic rings. The molecule has 1 aromatic carbocycles. The standard InChI is InChI=1S/C11H14FNS/c1-13(2)11(14)8-5-9-3-6-10(12)7-4-9/h3-4,6-7H,5,8H2,1-2H3. The summed E-state index contributed by atoms with van der Waals surface area (Å²) in [7, 11) is 3.87. The first-order valence-electron chi connectivity index (χ1n) is 4.54. The Balaban J connectivity index is 2.46. The Morgan fingerprint density at radius 1 is 1.29 bits per heavy atom. The van der Waals surface area contributed by atoms with Crippen LogP contribution in [0, 0.1) is 5.82 Å². The van der Waals surface area contributed by atoms with Gasteiger partial charge in [0.2, 0.25) is 0 Å². The summed E-state index contributed by atoms with van der Waals surface area (Å²) in [5, 5.41) is 0. The van der Waals surface area contributed by atoms with Crippen LogP contribution in [0.2, 0.25) is 0 Å². The molecule has 0 aliphatic carbocycles. The number of halogens is 1. The van der Waals surface area contributed by atoms with Gasteiger partial charge in [0.25, 0.3) is 0 Å². The zero-order valence-corrected chi connectivity index (χ0v) is 9.27. The molecule has 0 heterocycles. The minimum atomic E-state index is -0.191. The molecule has 0 fully saturated rings. The van der Waals surface area contributed by atoms with E-state index in [1.807, 2.05) is 19.0 Å². The third-order valence-corrected chi connectivity index (χ3v) is 2.61. The normalized spacial score (nSPS) is 9.93. The molecule has 0 aliphatic rings. The molecule has 0 amide bonds. The van der Waals surface area contributed by atoms with Gasteiger partial charge in [-0.25, -0.2) is 4.39 Å². The molecule has 0 aliphatic heterocycles. The Hall–Kier alpha value is -0.960. The molecule has 0 spiro atoms. The number of aryl methyl sites for hydroxylation is 1. The fourth-order valence-corrected chi connectivity index (χ4v) is 1.23. The van der Waals surface area contributed by atoms with Crippen molar-refractivity contribution >= 4 is 17.2 Å². The summed E-state index contributed by atoms with van der Waals surface area (Å²) in [6.07, 6.45) is 1.71. The molecule has 0 bridgehead atoms. The molecule has 0 saturated carbocycles. The lowest BCUT2D eigenvalue weighted by Crippen LogP contribution is -2.19. The molecule has 0 unspecified atom stereocenters. The predicted octanol–water partition coefficient (Wildman–Crippen LogP) is 2.65. The number of hydrogen-bond donors (Lipinski definition) is 0. The lowest BCUT2D eigenvalue weighted by molar-refractivity contribution is 0.615. The van der Waals surface area contributed by atoms with E-state index in [1.54, 1.807) is 12.1 Å². The fourth-order valence-electron chi connectivity index (χ4n) is 1.13. The van der Waals surface area contributed by atoms with Gasteiger partial charge in [0, 0.05) is 20.5 Å². The minimum absolute atomic E-state index is 0.191. The van der Waals surface area contributed by atoms with Crippen LogP contribution in [0.5, 0.6) is 0 Å². The molecular formula is C11H14FNS. The Bertz CT molecular complexity index is 306. The van der Waals surface area contributed by atoms with Crippen LogP contribution in [-0.4, -0.2) is 24.0 Å². The van der Waals surface area contributed by atoms with Gasteiger partial charge in [-0.3, -0.25) is 0 Å². The molecule has 1 nitrogen and oxygen atoms in total. The molecule has 0 atom stereocenters. The van der Waals surface area contributed by atoms with E-state index in [1.165, 1.54) is 12.1 Å². The van der Waals surface area contributed by atoms with E-state index >= 15 is 0 Å². The summed E-state index contributed by atoms with van der Waals surface area (Å²) in [6.45, 7) is 0. The Kier molecular flexibility index (Phi) is 4.01. The Labute approximate surface area is 89.5 Å². The van der Waals surface area contributed by atoms with E-state index < -0.39 is 0 Å². The smallest absolute Gasteiger partial charge is 0.123 e. The van der Waals surface area contributed by atoms with E-state index in [9.17, 15) is 4.39 Å². The van der Waals surface area contributed by atoms with E-state index in [-0.39, 0.29) is 5.82 Å². The van der Waals surface area contributed by atoms with Crippen LogP contribution in [0.3, 0.4) is 0 Å². The van der Waals surface area contributed by atoms with Crippen molar-refractivity contribution in [2.24, 2.45) is 0 Å². The molecule has 1 rings (SSSR count). The largest absolute Gasteiger partial charge is 0.372 e. The van der Waals surface area contributed by atoms with Gasteiger partial charge < -0.3 is 4.90 Å². The van der Waals surface area contributed by atoms with E-state index in [0.29, 0.717) is 0 Å². The third kappa shape index (κ3) is 3.42. The van der Waals surface area contributed by atoms with Crippen molar-refractivity contribution in [3.8, 4) is 0 Å². The zero-order valence-electron chi connectivity index (χ0n) is 8.46. The second-order valence-corrected chi connectivity index (χ2v) is 3.89. The van der Waals surface area contributed by atoms with Gasteiger partial charge in [0.05, 0.1) is 4.99 Å². The van der Waals surface area contributed by atoms with Crippen LogP contribution in [0.1, 0.15) is 12.0 Å². The van der Waals surface area contributed by atoms with E-state index in [0.717, 1.165) is 23.4 Å². The van der Waals surface area contributed by atoms with Crippen LogP contribution in [0.4, 0.5) is 4.39 Å². The molecule has 0 N–H and O–H groups in total. The second-order valence-electron chi connectivity index (χ2n) is 3.41. The van der Waals surface area contributed by atoms with Gasteiger partial charge >= 0.3 is 0 Å². The van der Waals surface area contributed by atoms with Crippen molar-refractivity contribution in [2.45, 2.75) is 12.8 Å². The van der Waals surface area contributed by atoms with Crippen molar-refractivity contribution in [2.75, 3.05) is 14.1 Å². The summed E-state index contributed by atoms with van der Waals surface area (Å²) < 4.78 is 12.6. The van der Waals surface area contributed by atoms with Gasteiger partial charge in [-0.2, -0.15) is 0 Å². The van der Waals surface area contributed by atoms with Crippen molar-refractivity contribution in [1.29, 1.82) is 0 Å². The fraction of sp³-hybridized carbons (Fsp3) is 0.364. The maximum Gasteiger partial charge on any atom is 0.123 e. The van der Waals surface area contributed by atoms with Crippen molar-refractivity contribution in [3.05, 3.63) is 35.6 Å². The highest BCUT2D eigenvalue weighted by Gasteiger charge is 2.00. The molecule has 3 heteroatoms. The summed E-state index contributed by atoms with van der Waals surface area (Å²) >= 11 is 5.15. The SMILES string of the molecule is CN(C)C(=S)CCc1ccc(F)cc1. The van der Waals surface area contributed by atoms with Crippen LogP contribution >= 0.6 is 12.2 Å². The highest BCUT2D eigenvalue weighted by atomic mass is 32.1. The predicted molar refractivity (Wildman–Crippen MR) is 61.0 cm³/mol. The second kappa shape index (κ2) is 5.05. The summed E-state index contributed by atoms with van der Waals surface area (Å²) in [5.41, 5.74) is 1.12. The number of nitrogens with zero attached hydrogens (tertiary/aromatic N) is 1. The average molecular weight is 211 g/mol.